The van der Waals surface area contributed by atoms with E-state index >= 15 is 0 Å². The molecule has 21 heavy (non-hydrogen) atoms. The van der Waals surface area contributed by atoms with Gasteiger partial charge in [-0.2, -0.15) is 12.7 Å². The molecule has 1 saturated carbocycles. The first-order valence-corrected chi connectivity index (χ1v) is 8.88. The van der Waals surface area contributed by atoms with Crippen molar-refractivity contribution in [3.05, 3.63) is 0 Å². The van der Waals surface area contributed by atoms with Gasteiger partial charge in [-0.15, -0.1) is 0 Å². The number of aliphatic hydroxyl groups is 1. The molecule has 8 heteroatoms. The normalized spacial score (nSPS) is 28.7. The third-order valence-corrected chi connectivity index (χ3v) is 6.05. The fraction of sp³-hybridized carbons (Fsp3) is 0.923. The lowest BCUT2D eigenvalue weighted by atomic mass is 9.99. The Bertz CT molecular complexity index is 459. The molecule has 0 amide bonds. The smallest absolute Gasteiger partial charge is 0.308 e. The van der Waals surface area contributed by atoms with Gasteiger partial charge in [0, 0.05) is 19.6 Å². The second-order valence-electron chi connectivity index (χ2n) is 5.81. The molecule has 0 aromatic heterocycles. The van der Waals surface area contributed by atoms with Crippen LogP contribution < -0.4 is 4.72 Å². The van der Waals surface area contributed by atoms with Crippen LogP contribution in [0.3, 0.4) is 0 Å². The summed E-state index contributed by atoms with van der Waals surface area (Å²) in [6.07, 6.45) is 3.11. The van der Waals surface area contributed by atoms with Crippen molar-refractivity contribution < 1.29 is 23.1 Å². The molecule has 1 aliphatic heterocycles. The molecule has 2 aliphatic rings. The molecule has 0 aromatic carbocycles. The molecule has 2 N–H and O–H groups in total. The van der Waals surface area contributed by atoms with Crippen LogP contribution in [0.15, 0.2) is 0 Å². The number of nitrogens with one attached hydrogen (secondary N) is 1. The highest BCUT2D eigenvalue weighted by molar-refractivity contribution is 7.87. The lowest BCUT2D eigenvalue weighted by Gasteiger charge is -2.30. The standard InChI is InChI=1S/C13H24N2O5S/c1-20-13(17)10-5-7-15(8-6-10)21(18,19)14-9-11-3-2-4-12(11)16/h10-12,14,16H,2-9H2,1H3. The molecule has 1 saturated heterocycles. The topological polar surface area (TPSA) is 95.9 Å². The van der Waals surface area contributed by atoms with E-state index in [0.717, 1.165) is 19.3 Å². The Labute approximate surface area is 125 Å². The van der Waals surface area contributed by atoms with E-state index in [1.807, 2.05) is 0 Å². The van der Waals surface area contributed by atoms with Crippen molar-refractivity contribution >= 4 is 16.2 Å². The third kappa shape index (κ3) is 4.15. The predicted molar refractivity (Wildman–Crippen MR) is 76.6 cm³/mol. The van der Waals surface area contributed by atoms with E-state index in [0.29, 0.717) is 25.9 Å². The van der Waals surface area contributed by atoms with Crippen LogP contribution in [0, 0.1) is 11.8 Å². The van der Waals surface area contributed by atoms with Crippen LogP contribution in [-0.2, 0) is 19.7 Å². The molecule has 2 unspecified atom stereocenters. The van der Waals surface area contributed by atoms with Crippen molar-refractivity contribution in [1.29, 1.82) is 0 Å². The minimum atomic E-state index is -3.53. The Morgan fingerprint density at radius 2 is 1.95 bits per heavy atom. The molecule has 0 radical (unpaired) electrons. The Morgan fingerprint density at radius 3 is 2.48 bits per heavy atom. The van der Waals surface area contributed by atoms with Gasteiger partial charge in [0.15, 0.2) is 0 Å². The van der Waals surface area contributed by atoms with Crippen LogP contribution in [0.5, 0.6) is 0 Å². The van der Waals surface area contributed by atoms with Gasteiger partial charge in [0.05, 0.1) is 19.1 Å². The van der Waals surface area contributed by atoms with Gasteiger partial charge in [-0.3, -0.25) is 4.79 Å². The van der Waals surface area contributed by atoms with E-state index in [1.165, 1.54) is 11.4 Å². The van der Waals surface area contributed by atoms with Crippen LogP contribution in [0.25, 0.3) is 0 Å². The molecule has 0 bridgehead atoms. The monoisotopic (exact) mass is 320 g/mol. The highest BCUT2D eigenvalue weighted by atomic mass is 32.2. The number of piperidine rings is 1. The van der Waals surface area contributed by atoms with E-state index in [2.05, 4.69) is 9.46 Å². The van der Waals surface area contributed by atoms with Crippen molar-refractivity contribution in [1.82, 2.24) is 9.03 Å². The second-order valence-corrected chi connectivity index (χ2v) is 7.56. The van der Waals surface area contributed by atoms with Crippen LogP contribution >= 0.6 is 0 Å². The van der Waals surface area contributed by atoms with Crippen molar-refractivity contribution in [2.75, 3.05) is 26.7 Å². The first-order chi connectivity index (χ1) is 9.94. The molecule has 2 atom stereocenters. The molecule has 1 aliphatic carbocycles. The zero-order valence-corrected chi connectivity index (χ0v) is 13.1. The number of hydrogen-bond acceptors (Lipinski definition) is 5. The number of nitrogens with zero attached hydrogens (tertiary/aromatic N) is 1. The number of rotatable bonds is 5. The first kappa shape index (κ1) is 16.7. The summed E-state index contributed by atoms with van der Waals surface area (Å²) in [4.78, 5) is 11.4. The molecule has 2 rings (SSSR count). The number of carbonyl (C=O) groups is 1. The Hall–Kier alpha value is -0.700. The van der Waals surface area contributed by atoms with Gasteiger partial charge in [-0.25, -0.2) is 4.72 Å². The number of hydrogen-bond donors (Lipinski definition) is 2. The summed E-state index contributed by atoms with van der Waals surface area (Å²) in [5.41, 5.74) is 0. The summed E-state index contributed by atoms with van der Waals surface area (Å²) in [7, 11) is -2.18. The number of esters is 1. The summed E-state index contributed by atoms with van der Waals surface area (Å²) in [6, 6.07) is 0. The summed E-state index contributed by atoms with van der Waals surface area (Å²) >= 11 is 0. The summed E-state index contributed by atoms with van der Waals surface area (Å²) in [6.45, 7) is 0.922. The van der Waals surface area contributed by atoms with Gasteiger partial charge in [-0.1, -0.05) is 6.42 Å². The molecular formula is C13H24N2O5S. The fourth-order valence-electron chi connectivity index (χ4n) is 3.06. The number of methoxy groups -OCH3 is 1. The maximum atomic E-state index is 12.2. The third-order valence-electron chi connectivity index (χ3n) is 4.48. The van der Waals surface area contributed by atoms with E-state index in [9.17, 15) is 18.3 Å². The molecule has 7 nitrogen and oxygen atoms in total. The highest BCUT2D eigenvalue weighted by Crippen LogP contribution is 2.25. The Morgan fingerprint density at radius 1 is 1.29 bits per heavy atom. The molecule has 0 aromatic rings. The zero-order chi connectivity index (χ0) is 15.5. The number of aliphatic hydroxyl groups excluding tert-OH is 1. The lowest BCUT2D eigenvalue weighted by molar-refractivity contribution is -0.146. The van der Waals surface area contributed by atoms with Crippen LogP contribution in [0.1, 0.15) is 32.1 Å². The van der Waals surface area contributed by atoms with Gasteiger partial charge in [0.1, 0.15) is 0 Å². The van der Waals surface area contributed by atoms with Crippen molar-refractivity contribution in [3.63, 3.8) is 0 Å². The van der Waals surface area contributed by atoms with Crippen LogP contribution in [0.4, 0.5) is 0 Å². The Balaban J connectivity index is 1.82. The summed E-state index contributed by atoms with van der Waals surface area (Å²) in [5.74, 6) is -0.473. The lowest BCUT2D eigenvalue weighted by Crippen LogP contribution is -2.47. The largest absolute Gasteiger partial charge is 0.469 e. The summed E-state index contributed by atoms with van der Waals surface area (Å²) < 4.78 is 33.1. The molecule has 122 valence electrons. The zero-order valence-electron chi connectivity index (χ0n) is 12.3. The van der Waals surface area contributed by atoms with Gasteiger partial charge in [-0.05, 0) is 31.6 Å². The maximum Gasteiger partial charge on any atom is 0.308 e. The SMILES string of the molecule is COC(=O)C1CCN(S(=O)(=O)NCC2CCCC2O)CC1. The average molecular weight is 320 g/mol. The molecule has 2 fully saturated rings. The van der Waals surface area contributed by atoms with Crippen molar-refractivity contribution in [2.45, 2.75) is 38.2 Å². The predicted octanol–water partition coefficient (Wildman–Crippen LogP) is -0.133. The van der Waals surface area contributed by atoms with Crippen LogP contribution in [0.2, 0.25) is 0 Å². The minimum Gasteiger partial charge on any atom is -0.469 e. The minimum absolute atomic E-state index is 0.00684. The van der Waals surface area contributed by atoms with E-state index in [-0.39, 0.29) is 24.3 Å². The van der Waals surface area contributed by atoms with Crippen LogP contribution in [-0.4, -0.2) is 56.6 Å². The van der Waals surface area contributed by atoms with Gasteiger partial charge < -0.3 is 9.84 Å². The van der Waals surface area contributed by atoms with Gasteiger partial charge >= 0.3 is 5.97 Å². The van der Waals surface area contributed by atoms with Crippen molar-refractivity contribution in [3.8, 4) is 0 Å². The van der Waals surface area contributed by atoms with E-state index in [1.54, 1.807) is 0 Å². The maximum absolute atomic E-state index is 12.2. The highest BCUT2D eigenvalue weighted by Gasteiger charge is 2.33. The number of carbonyl (C=O) groups excluding carboxylic acids is 1. The van der Waals surface area contributed by atoms with E-state index in [4.69, 9.17) is 0 Å². The quantitative estimate of drug-likeness (QED) is 0.688. The molecule has 1 heterocycles. The average Bonchev–Trinajstić information content (AvgIpc) is 2.90. The Kier molecular flexibility index (Phi) is 5.59. The van der Waals surface area contributed by atoms with E-state index < -0.39 is 16.3 Å². The second kappa shape index (κ2) is 7.04. The van der Waals surface area contributed by atoms with Crippen molar-refractivity contribution in [2.24, 2.45) is 11.8 Å². The summed E-state index contributed by atoms with van der Waals surface area (Å²) in [5, 5.41) is 9.72. The first-order valence-electron chi connectivity index (χ1n) is 7.44. The fourth-order valence-corrected chi connectivity index (χ4v) is 4.36. The molecular weight excluding hydrogens is 296 g/mol. The molecule has 0 spiro atoms. The van der Waals surface area contributed by atoms with Gasteiger partial charge in [0.2, 0.25) is 0 Å². The number of ether oxygens (including phenoxy) is 1. The van der Waals surface area contributed by atoms with Gasteiger partial charge in [0.25, 0.3) is 10.2 Å².